The second-order valence-electron chi connectivity index (χ2n) is 7.53. The number of piperidine rings is 1. The lowest BCUT2D eigenvalue weighted by molar-refractivity contribution is 0.135. The first-order valence-electron chi connectivity index (χ1n) is 10.1. The molecule has 0 saturated carbocycles. The molecule has 7 nitrogen and oxygen atoms in total. The second-order valence-corrected chi connectivity index (χ2v) is 7.53. The Morgan fingerprint density at radius 3 is 3.04 bits per heavy atom. The summed E-state index contributed by atoms with van der Waals surface area (Å²) in [6.45, 7) is 4.80. The van der Waals surface area contributed by atoms with E-state index in [-0.39, 0.29) is 6.10 Å². The van der Waals surface area contributed by atoms with E-state index in [2.05, 4.69) is 28.2 Å². The number of nitrogens with zero attached hydrogens (tertiary/aromatic N) is 3. The van der Waals surface area contributed by atoms with Gasteiger partial charge in [0.25, 0.3) is 5.88 Å². The van der Waals surface area contributed by atoms with E-state index in [9.17, 15) is 0 Å². The maximum Gasteiger partial charge on any atom is 0.259 e. The molecular formula is C21H30N4O3. The highest BCUT2D eigenvalue weighted by molar-refractivity contribution is 5.47. The Hall–Kier alpha value is -2.25. The lowest BCUT2D eigenvalue weighted by atomic mass is 10.0. The first-order chi connectivity index (χ1) is 13.8. The minimum atomic E-state index is 0.0470. The van der Waals surface area contributed by atoms with Gasteiger partial charge < -0.3 is 29.7 Å². The molecule has 2 fully saturated rings. The lowest BCUT2D eigenvalue weighted by Gasteiger charge is -2.40. The quantitative estimate of drug-likeness (QED) is 0.801. The standard InChI is InChI=1S/C21H30N4O3/c1-26-19-6-7-20(23-21(19)28-18-8-11-27-15-18)25-10-3-5-17(14-25)24-9-2-4-16(12-22)13-24/h2,4,6-7,13,17-18H,3,5,8-12,14-15,22H2,1H3/t17?,18-/m1/s1. The summed E-state index contributed by atoms with van der Waals surface area (Å²) in [7, 11) is 1.65. The van der Waals surface area contributed by atoms with Gasteiger partial charge in [0, 0.05) is 44.8 Å². The third kappa shape index (κ3) is 4.25. The number of ether oxygens (including phenoxy) is 3. The fourth-order valence-electron chi connectivity index (χ4n) is 4.04. The Labute approximate surface area is 166 Å². The van der Waals surface area contributed by atoms with E-state index in [0.717, 1.165) is 44.9 Å². The van der Waals surface area contributed by atoms with E-state index < -0.39 is 0 Å². The van der Waals surface area contributed by atoms with E-state index >= 15 is 0 Å². The van der Waals surface area contributed by atoms with Crippen LogP contribution in [0.4, 0.5) is 5.82 Å². The van der Waals surface area contributed by atoms with Crippen molar-refractivity contribution in [3.8, 4) is 11.6 Å². The maximum absolute atomic E-state index is 6.07. The van der Waals surface area contributed by atoms with Crippen LogP contribution in [0.1, 0.15) is 19.3 Å². The number of rotatable bonds is 6. The number of nitrogens with two attached hydrogens (primary N) is 1. The fourth-order valence-corrected chi connectivity index (χ4v) is 4.04. The molecule has 2 saturated heterocycles. The van der Waals surface area contributed by atoms with Crippen LogP contribution in [0.2, 0.25) is 0 Å². The van der Waals surface area contributed by atoms with E-state index in [1.54, 1.807) is 7.11 Å². The number of aromatic nitrogens is 1. The number of anilines is 1. The molecule has 4 rings (SSSR count). The fraction of sp³-hybridized carbons (Fsp3) is 0.571. The molecule has 0 aromatic carbocycles. The highest BCUT2D eigenvalue weighted by atomic mass is 16.6. The van der Waals surface area contributed by atoms with Crippen molar-refractivity contribution in [1.82, 2.24) is 9.88 Å². The Balaban J connectivity index is 1.48. The predicted molar refractivity (Wildman–Crippen MR) is 109 cm³/mol. The average molecular weight is 386 g/mol. The summed E-state index contributed by atoms with van der Waals surface area (Å²) in [5, 5.41) is 0. The van der Waals surface area contributed by atoms with Gasteiger partial charge in [0.1, 0.15) is 11.9 Å². The summed E-state index contributed by atoms with van der Waals surface area (Å²) in [4.78, 5) is 9.55. The van der Waals surface area contributed by atoms with Crippen LogP contribution >= 0.6 is 0 Å². The summed E-state index contributed by atoms with van der Waals surface area (Å²) in [5.74, 6) is 2.17. The van der Waals surface area contributed by atoms with Gasteiger partial charge >= 0.3 is 0 Å². The molecule has 0 radical (unpaired) electrons. The van der Waals surface area contributed by atoms with Gasteiger partial charge in [-0.25, -0.2) is 0 Å². The minimum Gasteiger partial charge on any atom is -0.491 e. The molecule has 0 aliphatic carbocycles. The molecular weight excluding hydrogens is 356 g/mol. The molecule has 0 amide bonds. The van der Waals surface area contributed by atoms with Gasteiger partial charge in [0.05, 0.1) is 20.3 Å². The Morgan fingerprint density at radius 2 is 2.25 bits per heavy atom. The van der Waals surface area contributed by atoms with Gasteiger partial charge in [0.2, 0.25) is 0 Å². The van der Waals surface area contributed by atoms with Crippen LogP contribution in [0.5, 0.6) is 11.6 Å². The molecule has 4 heterocycles. The van der Waals surface area contributed by atoms with Crippen LogP contribution in [-0.4, -0.2) is 68.5 Å². The van der Waals surface area contributed by atoms with Gasteiger partial charge in [-0.2, -0.15) is 4.98 Å². The Morgan fingerprint density at radius 1 is 1.32 bits per heavy atom. The van der Waals surface area contributed by atoms with Crippen LogP contribution in [0.15, 0.2) is 36.1 Å². The zero-order valence-electron chi connectivity index (χ0n) is 16.5. The monoisotopic (exact) mass is 386 g/mol. The van der Waals surface area contributed by atoms with Crippen molar-refractivity contribution in [3.63, 3.8) is 0 Å². The third-order valence-electron chi connectivity index (χ3n) is 5.60. The van der Waals surface area contributed by atoms with Gasteiger partial charge in [-0.3, -0.25) is 0 Å². The normalized spacial score (nSPS) is 25.0. The highest BCUT2D eigenvalue weighted by Gasteiger charge is 2.26. The van der Waals surface area contributed by atoms with E-state index in [4.69, 9.17) is 24.9 Å². The molecule has 0 spiro atoms. The lowest BCUT2D eigenvalue weighted by Crippen LogP contribution is -2.47. The van der Waals surface area contributed by atoms with Crippen molar-refractivity contribution in [2.45, 2.75) is 31.4 Å². The van der Waals surface area contributed by atoms with Crippen LogP contribution in [0.3, 0.4) is 0 Å². The molecule has 0 bridgehead atoms. The molecule has 1 unspecified atom stereocenters. The number of hydrogen-bond acceptors (Lipinski definition) is 7. The summed E-state index contributed by atoms with van der Waals surface area (Å²) >= 11 is 0. The van der Waals surface area contributed by atoms with Crippen molar-refractivity contribution >= 4 is 5.82 Å². The zero-order chi connectivity index (χ0) is 19.3. The summed E-state index contributed by atoms with van der Waals surface area (Å²) in [6.07, 6.45) is 9.78. The van der Waals surface area contributed by atoms with Gasteiger partial charge in [0.15, 0.2) is 5.75 Å². The van der Waals surface area contributed by atoms with Crippen molar-refractivity contribution in [2.75, 3.05) is 51.4 Å². The molecule has 3 aliphatic rings. The summed E-state index contributed by atoms with van der Waals surface area (Å²) in [5.41, 5.74) is 7.00. The van der Waals surface area contributed by atoms with Crippen molar-refractivity contribution in [3.05, 3.63) is 36.1 Å². The molecule has 1 aromatic heterocycles. The van der Waals surface area contributed by atoms with Crippen LogP contribution in [-0.2, 0) is 4.74 Å². The predicted octanol–water partition coefficient (Wildman–Crippen LogP) is 1.94. The van der Waals surface area contributed by atoms with Crippen molar-refractivity contribution < 1.29 is 14.2 Å². The van der Waals surface area contributed by atoms with E-state index in [0.29, 0.717) is 30.8 Å². The number of hydrogen-bond donors (Lipinski definition) is 1. The SMILES string of the molecule is COc1ccc(N2CCCC(N3C=C(CN)C=CC3)C2)nc1O[C@@H]1CCOC1. The summed E-state index contributed by atoms with van der Waals surface area (Å²) in [6, 6.07) is 4.43. The molecule has 152 valence electrons. The first kappa shape index (κ1) is 19.1. The van der Waals surface area contributed by atoms with Crippen LogP contribution in [0.25, 0.3) is 0 Å². The topological polar surface area (TPSA) is 73.1 Å². The van der Waals surface area contributed by atoms with Crippen LogP contribution < -0.4 is 20.1 Å². The van der Waals surface area contributed by atoms with Gasteiger partial charge in [-0.05, 0) is 30.5 Å². The molecule has 1 aromatic rings. The number of methoxy groups -OCH3 is 1. The Bertz CT molecular complexity index is 730. The maximum atomic E-state index is 6.07. The number of pyridine rings is 1. The van der Waals surface area contributed by atoms with Crippen LogP contribution in [0, 0.1) is 0 Å². The van der Waals surface area contributed by atoms with Crippen molar-refractivity contribution in [2.24, 2.45) is 5.73 Å². The molecule has 2 N–H and O–H groups in total. The second kappa shape index (κ2) is 8.84. The first-order valence-corrected chi connectivity index (χ1v) is 10.1. The van der Waals surface area contributed by atoms with E-state index in [1.807, 2.05) is 12.1 Å². The van der Waals surface area contributed by atoms with Gasteiger partial charge in [-0.15, -0.1) is 0 Å². The molecule has 2 atom stereocenters. The minimum absolute atomic E-state index is 0.0470. The molecule has 7 heteroatoms. The molecule has 28 heavy (non-hydrogen) atoms. The third-order valence-corrected chi connectivity index (χ3v) is 5.60. The Kier molecular flexibility index (Phi) is 6.02. The molecule has 3 aliphatic heterocycles. The summed E-state index contributed by atoms with van der Waals surface area (Å²) < 4.78 is 16.9. The van der Waals surface area contributed by atoms with Gasteiger partial charge in [-0.1, -0.05) is 12.2 Å². The smallest absolute Gasteiger partial charge is 0.259 e. The average Bonchev–Trinajstić information content (AvgIpc) is 3.27. The van der Waals surface area contributed by atoms with E-state index in [1.165, 1.54) is 12.0 Å². The van der Waals surface area contributed by atoms with Crippen molar-refractivity contribution in [1.29, 1.82) is 0 Å². The zero-order valence-corrected chi connectivity index (χ0v) is 16.5. The largest absolute Gasteiger partial charge is 0.491 e. The highest BCUT2D eigenvalue weighted by Crippen LogP contribution is 2.31.